The number of allylic oxidation sites excluding steroid dienone is 3. The first-order valence-corrected chi connectivity index (χ1v) is 18.0. The highest BCUT2D eigenvalue weighted by atomic mass is 16.7. The van der Waals surface area contributed by atoms with E-state index >= 15 is 0 Å². The van der Waals surface area contributed by atoms with E-state index in [-0.39, 0.29) is 63.7 Å². The molecule has 8 aliphatic rings. The molecule has 0 aromatic heterocycles. The van der Waals surface area contributed by atoms with Gasteiger partial charge in [0.25, 0.3) is 0 Å². The summed E-state index contributed by atoms with van der Waals surface area (Å²) in [5, 5.41) is 23.9. The molecule has 13 atom stereocenters. The number of aliphatic hydroxyl groups excluding tert-OH is 2. The number of ether oxygens (including phenoxy) is 5. The number of benzene rings is 1. The van der Waals surface area contributed by atoms with Crippen molar-refractivity contribution in [3.63, 3.8) is 0 Å². The largest absolute Gasteiger partial charge is 0.455 e. The van der Waals surface area contributed by atoms with E-state index in [9.17, 15) is 15.0 Å². The minimum absolute atomic E-state index is 0.00288. The number of cyclic esters (lactones) is 1. The topological polar surface area (TPSA) is 104 Å². The fourth-order valence-corrected chi connectivity index (χ4v) is 13.0. The Morgan fingerprint density at radius 2 is 1.96 bits per heavy atom. The summed E-state index contributed by atoms with van der Waals surface area (Å²) in [4.78, 5) is 13.4. The number of hydrogen-bond donors (Lipinski definition) is 2. The van der Waals surface area contributed by atoms with Gasteiger partial charge in [0.15, 0.2) is 11.5 Å². The highest BCUT2D eigenvalue weighted by Gasteiger charge is 2.85. The summed E-state index contributed by atoms with van der Waals surface area (Å²) in [7, 11) is 1.64. The Hall–Kier alpha value is -2.65. The molecule has 2 N–H and O–H groups in total. The van der Waals surface area contributed by atoms with Crippen LogP contribution in [0.1, 0.15) is 77.9 Å². The third kappa shape index (κ3) is 3.78. The van der Waals surface area contributed by atoms with Crippen molar-refractivity contribution >= 4 is 5.97 Å². The lowest BCUT2D eigenvalue weighted by Gasteiger charge is -2.67. The average molecular weight is 659 g/mol. The van der Waals surface area contributed by atoms with Crippen molar-refractivity contribution in [1.82, 2.24) is 0 Å². The number of carbonyl (C=O) groups excluding carboxylic acids is 1. The first-order valence-electron chi connectivity index (χ1n) is 18.0. The van der Waals surface area contributed by atoms with Crippen LogP contribution in [-0.2, 0) is 19.0 Å². The molecule has 8 nitrogen and oxygen atoms in total. The zero-order chi connectivity index (χ0) is 33.4. The number of aliphatic hydroxyl groups is 2. The lowest BCUT2D eigenvalue weighted by Crippen LogP contribution is -2.64. The third-order valence-electron chi connectivity index (χ3n) is 15.4. The molecule has 1 aromatic carbocycles. The number of hydrogen-bond acceptors (Lipinski definition) is 8. The highest BCUT2D eigenvalue weighted by molar-refractivity contribution is 5.77. The molecule has 0 radical (unpaired) electrons. The summed E-state index contributed by atoms with van der Waals surface area (Å²) < 4.78 is 28.9. The van der Waals surface area contributed by atoms with E-state index < -0.39 is 24.2 Å². The summed E-state index contributed by atoms with van der Waals surface area (Å²) >= 11 is 0. The van der Waals surface area contributed by atoms with Gasteiger partial charge in [-0.2, -0.15) is 0 Å². The van der Waals surface area contributed by atoms with E-state index in [1.54, 1.807) is 7.11 Å². The molecule has 3 saturated carbocycles. The van der Waals surface area contributed by atoms with Crippen LogP contribution < -0.4 is 9.47 Å². The first kappa shape index (κ1) is 31.3. The van der Waals surface area contributed by atoms with Gasteiger partial charge in [-0.15, -0.1) is 0 Å². The van der Waals surface area contributed by atoms with Gasteiger partial charge in [0.1, 0.15) is 12.2 Å². The molecule has 3 heterocycles. The smallest absolute Gasteiger partial charge is 0.312 e. The molecule has 0 unspecified atom stereocenters. The summed E-state index contributed by atoms with van der Waals surface area (Å²) in [6.07, 6.45) is 12.5. The second-order valence-electron chi connectivity index (χ2n) is 17.2. The van der Waals surface area contributed by atoms with Crippen molar-refractivity contribution in [2.45, 2.75) is 90.6 Å². The number of carbonyl (C=O) groups is 1. The Kier molecular flexibility index (Phi) is 6.67. The van der Waals surface area contributed by atoms with Crippen LogP contribution in [0.3, 0.4) is 0 Å². The van der Waals surface area contributed by atoms with Crippen LogP contribution in [0.5, 0.6) is 11.5 Å². The second kappa shape index (κ2) is 10.2. The minimum atomic E-state index is -0.883. The van der Waals surface area contributed by atoms with Crippen molar-refractivity contribution in [2.24, 2.45) is 50.7 Å². The van der Waals surface area contributed by atoms with Crippen LogP contribution in [0.15, 0.2) is 53.6 Å². The molecule has 2 saturated heterocycles. The third-order valence-corrected chi connectivity index (χ3v) is 15.4. The van der Waals surface area contributed by atoms with Crippen molar-refractivity contribution in [1.29, 1.82) is 0 Å². The molecular formula is C40H50O8. The molecule has 48 heavy (non-hydrogen) atoms. The first-order chi connectivity index (χ1) is 22.9. The van der Waals surface area contributed by atoms with Crippen LogP contribution in [0.2, 0.25) is 0 Å². The van der Waals surface area contributed by atoms with Gasteiger partial charge < -0.3 is 33.9 Å². The lowest BCUT2D eigenvalue weighted by molar-refractivity contribution is -0.199. The van der Waals surface area contributed by atoms with Gasteiger partial charge in [-0.25, -0.2) is 0 Å². The fraction of sp³-hybridized carbons (Fsp3) is 0.675. The monoisotopic (exact) mass is 658 g/mol. The molecule has 0 bridgehead atoms. The van der Waals surface area contributed by atoms with Crippen molar-refractivity contribution in [3.8, 4) is 11.5 Å². The molecule has 5 fully saturated rings. The number of methoxy groups -OCH3 is 1. The second-order valence-corrected chi connectivity index (χ2v) is 17.2. The predicted octanol–water partition coefficient (Wildman–Crippen LogP) is 6.07. The fourth-order valence-electron chi connectivity index (χ4n) is 13.0. The molecule has 258 valence electrons. The van der Waals surface area contributed by atoms with Crippen LogP contribution in [0.4, 0.5) is 0 Å². The van der Waals surface area contributed by atoms with Gasteiger partial charge in [0.05, 0.1) is 31.3 Å². The van der Waals surface area contributed by atoms with Gasteiger partial charge in [-0.1, -0.05) is 50.6 Å². The maximum atomic E-state index is 13.4. The van der Waals surface area contributed by atoms with Gasteiger partial charge in [-0.05, 0) is 109 Å². The zero-order valence-corrected chi connectivity index (χ0v) is 28.9. The summed E-state index contributed by atoms with van der Waals surface area (Å²) in [5.41, 5.74) is 2.69. The number of fused-ring (bicyclic) bond motifs is 6. The number of rotatable bonds is 5. The Balaban J connectivity index is 1.01. The van der Waals surface area contributed by atoms with E-state index in [2.05, 4.69) is 51.1 Å². The SMILES string of the molecule is COC/C(C)=C/[C@@H]1OC(=O)[C@H]([C@@H]2CC[C@]34C[C@]23C=C[C@@H]2[C@@]3(C)CC=C5C[C@@H](c6ccc7c(c6)OCO7)OC[C@]5(C)[C@@H]3C[C@@H](O)[C@]24C)[C@H]1O. The molecule has 9 rings (SSSR count). The van der Waals surface area contributed by atoms with E-state index in [0.29, 0.717) is 13.2 Å². The van der Waals surface area contributed by atoms with E-state index in [1.165, 1.54) is 5.57 Å². The van der Waals surface area contributed by atoms with Gasteiger partial charge in [-0.3, -0.25) is 4.79 Å². The zero-order valence-electron chi connectivity index (χ0n) is 28.9. The molecule has 3 aliphatic heterocycles. The van der Waals surface area contributed by atoms with Gasteiger partial charge in [0, 0.05) is 17.9 Å². The maximum absolute atomic E-state index is 13.4. The highest BCUT2D eigenvalue weighted by Crippen LogP contribution is 2.89. The van der Waals surface area contributed by atoms with E-state index in [1.807, 2.05) is 19.1 Å². The minimum Gasteiger partial charge on any atom is -0.455 e. The van der Waals surface area contributed by atoms with E-state index in [0.717, 1.165) is 61.2 Å². The Morgan fingerprint density at radius 1 is 1.15 bits per heavy atom. The summed E-state index contributed by atoms with van der Waals surface area (Å²) in [6, 6.07) is 6.14. The molecule has 8 heteroatoms. The Labute approximate surface area is 283 Å². The standard InChI is InChI=1S/C40H50O8/c1-22(18-44-5)14-29-34(42)33(35(43)48-29)25-9-13-40-19-39(25,40)12-10-30-36(2)11-8-24-16-27(23-6-7-26-28(15-23)47-21-46-26)45-20-37(24,3)31(36)17-32(41)38(30,40)4/h6-8,10,12,14-15,25,27,29-34,41-42H,9,11,13,16-21H2,1-5H3/b22-14+/t25-,27-,29-,30+,31+,32+,33+,34-,36+,37-,38-,39+,40+/m0/s1. The van der Waals surface area contributed by atoms with E-state index in [4.69, 9.17) is 23.7 Å². The lowest BCUT2D eigenvalue weighted by atomic mass is 9.38. The van der Waals surface area contributed by atoms with Crippen LogP contribution >= 0.6 is 0 Å². The van der Waals surface area contributed by atoms with Crippen LogP contribution in [-0.4, -0.2) is 61.6 Å². The Morgan fingerprint density at radius 3 is 2.77 bits per heavy atom. The predicted molar refractivity (Wildman–Crippen MR) is 177 cm³/mol. The molecule has 0 amide bonds. The molecule has 5 aliphatic carbocycles. The van der Waals surface area contributed by atoms with Crippen molar-refractivity contribution in [3.05, 3.63) is 59.2 Å². The maximum Gasteiger partial charge on any atom is 0.312 e. The van der Waals surface area contributed by atoms with Crippen molar-refractivity contribution < 1.29 is 38.7 Å². The molecule has 0 spiro atoms. The average Bonchev–Trinajstić information content (AvgIpc) is 3.25. The summed E-state index contributed by atoms with van der Waals surface area (Å²) in [6.45, 7) is 10.4. The summed E-state index contributed by atoms with van der Waals surface area (Å²) in [5.74, 6) is 1.19. The van der Waals surface area contributed by atoms with Gasteiger partial charge in [0.2, 0.25) is 6.79 Å². The van der Waals surface area contributed by atoms with Gasteiger partial charge >= 0.3 is 5.97 Å². The molecule has 1 aromatic rings. The van der Waals surface area contributed by atoms with Crippen LogP contribution in [0.25, 0.3) is 0 Å². The van der Waals surface area contributed by atoms with Crippen molar-refractivity contribution in [2.75, 3.05) is 27.1 Å². The number of esters is 1. The Bertz CT molecular complexity index is 1650. The van der Waals surface area contributed by atoms with Crippen LogP contribution in [0, 0.1) is 50.7 Å². The normalized spacial score (nSPS) is 49.7. The molecular weight excluding hydrogens is 608 g/mol. The quantitative estimate of drug-likeness (QED) is 0.290.